The summed E-state index contributed by atoms with van der Waals surface area (Å²) in [6.45, 7) is 1.60. The molecule has 3 amide bonds. The topological polar surface area (TPSA) is 79.5 Å². The van der Waals surface area contributed by atoms with Crippen LogP contribution in [0, 0.1) is 0 Å². The highest BCUT2D eigenvalue weighted by atomic mass is 35.5. The van der Waals surface area contributed by atoms with Crippen LogP contribution in [0.5, 0.6) is 5.75 Å². The van der Waals surface area contributed by atoms with E-state index in [-0.39, 0.29) is 0 Å². The average Bonchev–Trinajstić information content (AvgIpc) is 2.66. The molecule has 0 aromatic heterocycles. The van der Waals surface area contributed by atoms with Crippen molar-refractivity contribution < 1.29 is 14.3 Å². The molecule has 3 aromatic carbocycles. The number of amides is 3. The number of anilines is 1. The van der Waals surface area contributed by atoms with Crippen molar-refractivity contribution in [3.8, 4) is 5.75 Å². The highest BCUT2D eigenvalue weighted by molar-refractivity contribution is 6.30. The predicted molar refractivity (Wildman–Crippen MR) is 106 cm³/mol. The van der Waals surface area contributed by atoms with E-state index in [1.54, 1.807) is 37.3 Å². The molecule has 7 heteroatoms. The molecule has 27 heavy (non-hydrogen) atoms. The minimum Gasteiger partial charge on any atom is -0.481 e. The Bertz CT molecular complexity index is 977. The number of carbonyl (C=O) groups is 2. The molecule has 1 atom stereocenters. The Kier molecular flexibility index (Phi) is 5.78. The third-order valence-corrected chi connectivity index (χ3v) is 4.02. The minimum atomic E-state index is -0.794. The second-order valence-electron chi connectivity index (χ2n) is 5.85. The molecule has 0 spiro atoms. The standard InChI is InChI=1S/C20H18ClN3O3/c1-13(27-18-10-9-14-5-2-3-6-15(14)11-18)19(25)23-24-20(26)22-17-8-4-7-16(21)12-17/h2-13H,1H3,(H,23,25)(H2,22,24,26). The van der Waals surface area contributed by atoms with E-state index in [1.807, 2.05) is 36.4 Å². The fraction of sp³-hybridized carbons (Fsp3) is 0.100. The van der Waals surface area contributed by atoms with E-state index < -0.39 is 18.0 Å². The maximum atomic E-state index is 12.1. The van der Waals surface area contributed by atoms with Gasteiger partial charge in [-0.15, -0.1) is 0 Å². The van der Waals surface area contributed by atoms with Gasteiger partial charge in [-0.1, -0.05) is 48.0 Å². The van der Waals surface area contributed by atoms with Gasteiger partial charge in [0.2, 0.25) is 0 Å². The van der Waals surface area contributed by atoms with Gasteiger partial charge in [-0.3, -0.25) is 10.2 Å². The number of hydrogen-bond donors (Lipinski definition) is 3. The molecular weight excluding hydrogens is 366 g/mol. The Morgan fingerprint density at radius 3 is 2.48 bits per heavy atom. The molecule has 0 aliphatic rings. The number of urea groups is 1. The van der Waals surface area contributed by atoms with Crippen molar-refractivity contribution in [1.29, 1.82) is 0 Å². The fourth-order valence-corrected chi connectivity index (χ4v) is 2.64. The fourth-order valence-electron chi connectivity index (χ4n) is 2.45. The highest BCUT2D eigenvalue weighted by Crippen LogP contribution is 2.21. The maximum Gasteiger partial charge on any atom is 0.337 e. The number of carbonyl (C=O) groups excluding carboxylic acids is 2. The van der Waals surface area contributed by atoms with E-state index in [4.69, 9.17) is 16.3 Å². The van der Waals surface area contributed by atoms with Gasteiger partial charge in [-0.25, -0.2) is 10.2 Å². The molecule has 1 unspecified atom stereocenters. The lowest BCUT2D eigenvalue weighted by Crippen LogP contribution is -2.48. The van der Waals surface area contributed by atoms with Crippen molar-refractivity contribution in [2.75, 3.05) is 5.32 Å². The van der Waals surface area contributed by atoms with Crippen molar-refractivity contribution in [1.82, 2.24) is 10.9 Å². The number of halogens is 1. The van der Waals surface area contributed by atoms with Crippen LogP contribution in [-0.2, 0) is 4.79 Å². The van der Waals surface area contributed by atoms with Crippen LogP contribution in [-0.4, -0.2) is 18.0 Å². The second-order valence-corrected chi connectivity index (χ2v) is 6.28. The van der Waals surface area contributed by atoms with Crippen molar-refractivity contribution in [3.05, 3.63) is 71.8 Å². The van der Waals surface area contributed by atoms with Crippen LogP contribution < -0.4 is 20.9 Å². The summed E-state index contributed by atoms with van der Waals surface area (Å²) in [5.41, 5.74) is 5.10. The number of hydrogen-bond acceptors (Lipinski definition) is 3. The molecule has 0 aliphatic carbocycles. The minimum absolute atomic E-state index is 0.482. The molecule has 6 nitrogen and oxygen atoms in total. The van der Waals surface area contributed by atoms with Crippen LogP contribution in [0.4, 0.5) is 10.5 Å². The Morgan fingerprint density at radius 2 is 1.70 bits per heavy atom. The van der Waals surface area contributed by atoms with Crippen molar-refractivity contribution >= 4 is 40.0 Å². The first kappa shape index (κ1) is 18.5. The van der Waals surface area contributed by atoms with Gasteiger partial charge in [0.1, 0.15) is 5.75 Å². The first-order valence-electron chi connectivity index (χ1n) is 8.29. The molecule has 0 aliphatic heterocycles. The molecule has 0 heterocycles. The van der Waals surface area contributed by atoms with Crippen molar-refractivity contribution in [2.45, 2.75) is 13.0 Å². The zero-order valence-corrected chi connectivity index (χ0v) is 15.3. The average molecular weight is 384 g/mol. The predicted octanol–water partition coefficient (Wildman–Crippen LogP) is 4.11. The van der Waals surface area contributed by atoms with Gasteiger partial charge in [-0.05, 0) is 48.0 Å². The molecule has 0 radical (unpaired) electrons. The number of fused-ring (bicyclic) bond motifs is 1. The van der Waals surface area contributed by atoms with E-state index in [9.17, 15) is 9.59 Å². The smallest absolute Gasteiger partial charge is 0.337 e. The molecule has 138 valence electrons. The lowest BCUT2D eigenvalue weighted by atomic mass is 10.1. The molecule has 3 N–H and O–H groups in total. The SMILES string of the molecule is CC(Oc1ccc2ccccc2c1)C(=O)NNC(=O)Nc1cccc(Cl)c1. The highest BCUT2D eigenvalue weighted by Gasteiger charge is 2.15. The largest absolute Gasteiger partial charge is 0.481 e. The lowest BCUT2D eigenvalue weighted by Gasteiger charge is -2.16. The molecule has 3 rings (SSSR count). The number of rotatable bonds is 4. The Balaban J connectivity index is 1.51. The van der Waals surface area contributed by atoms with E-state index >= 15 is 0 Å². The zero-order chi connectivity index (χ0) is 19.2. The van der Waals surface area contributed by atoms with Gasteiger partial charge in [0.05, 0.1) is 0 Å². The number of benzene rings is 3. The molecule has 0 fully saturated rings. The summed E-state index contributed by atoms with van der Waals surface area (Å²) in [6.07, 6.45) is -0.794. The van der Waals surface area contributed by atoms with Crippen LogP contribution in [0.15, 0.2) is 66.7 Å². The summed E-state index contributed by atoms with van der Waals surface area (Å²) in [5.74, 6) is 0.0872. The van der Waals surface area contributed by atoms with E-state index in [0.717, 1.165) is 10.8 Å². The van der Waals surface area contributed by atoms with Gasteiger partial charge >= 0.3 is 6.03 Å². The summed E-state index contributed by atoms with van der Waals surface area (Å²) in [7, 11) is 0. The third kappa shape index (κ3) is 5.12. The Labute approximate surface area is 161 Å². The van der Waals surface area contributed by atoms with Crippen molar-refractivity contribution in [3.63, 3.8) is 0 Å². The van der Waals surface area contributed by atoms with Crippen LogP contribution in [0.1, 0.15) is 6.92 Å². The summed E-state index contributed by atoms with van der Waals surface area (Å²) in [6, 6.07) is 19.5. The number of nitrogens with one attached hydrogen (secondary N) is 3. The number of ether oxygens (including phenoxy) is 1. The maximum absolute atomic E-state index is 12.1. The van der Waals surface area contributed by atoms with Crippen LogP contribution in [0.3, 0.4) is 0 Å². The zero-order valence-electron chi connectivity index (χ0n) is 14.5. The Hall–Kier alpha value is -3.25. The summed E-state index contributed by atoms with van der Waals surface area (Å²) >= 11 is 5.85. The lowest BCUT2D eigenvalue weighted by molar-refractivity contribution is -0.127. The van der Waals surface area contributed by atoms with Crippen LogP contribution in [0.2, 0.25) is 5.02 Å². The summed E-state index contributed by atoms with van der Waals surface area (Å²) in [5, 5.41) is 5.15. The Morgan fingerprint density at radius 1 is 0.926 bits per heavy atom. The molecule has 0 saturated carbocycles. The van der Waals surface area contributed by atoms with Crippen LogP contribution >= 0.6 is 11.6 Å². The summed E-state index contributed by atoms with van der Waals surface area (Å²) < 4.78 is 5.65. The normalized spacial score (nSPS) is 11.5. The van der Waals surface area contributed by atoms with Gasteiger partial charge in [-0.2, -0.15) is 0 Å². The molecular formula is C20H18ClN3O3. The van der Waals surface area contributed by atoms with Crippen LogP contribution in [0.25, 0.3) is 10.8 Å². The molecule has 3 aromatic rings. The quantitative estimate of drug-likeness (QED) is 0.593. The van der Waals surface area contributed by atoms with E-state index in [2.05, 4.69) is 16.2 Å². The van der Waals surface area contributed by atoms with Gasteiger partial charge < -0.3 is 10.1 Å². The monoisotopic (exact) mass is 383 g/mol. The number of hydrazine groups is 1. The van der Waals surface area contributed by atoms with Gasteiger partial charge in [0.15, 0.2) is 6.10 Å². The first-order valence-corrected chi connectivity index (χ1v) is 8.67. The van der Waals surface area contributed by atoms with Gasteiger partial charge in [0.25, 0.3) is 5.91 Å². The first-order chi connectivity index (χ1) is 13.0. The third-order valence-electron chi connectivity index (χ3n) is 3.78. The molecule has 0 saturated heterocycles. The summed E-state index contributed by atoms with van der Waals surface area (Å²) in [4.78, 5) is 24.0. The van der Waals surface area contributed by atoms with E-state index in [0.29, 0.717) is 16.5 Å². The van der Waals surface area contributed by atoms with Gasteiger partial charge in [0, 0.05) is 10.7 Å². The molecule has 0 bridgehead atoms. The second kappa shape index (κ2) is 8.42. The van der Waals surface area contributed by atoms with Crippen molar-refractivity contribution in [2.24, 2.45) is 0 Å². The van der Waals surface area contributed by atoms with E-state index in [1.165, 1.54) is 0 Å².